The molecule has 2 N–H and O–H groups in total. The summed E-state index contributed by atoms with van der Waals surface area (Å²) >= 11 is 0. The summed E-state index contributed by atoms with van der Waals surface area (Å²) in [5.74, 6) is 0. The average molecular weight is 258 g/mol. The molecule has 2 heteroatoms. The van der Waals surface area contributed by atoms with Crippen LogP contribution >= 0.6 is 0 Å². The van der Waals surface area contributed by atoms with Crippen LogP contribution in [-0.2, 0) is 6.42 Å². The molecule has 19 heavy (non-hydrogen) atoms. The molecule has 0 saturated heterocycles. The molecule has 0 saturated carbocycles. The molecule has 104 valence electrons. The molecular weight excluding hydrogens is 232 g/mol. The Morgan fingerprint density at radius 3 is 2.53 bits per heavy atom. The van der Waals surface area contributed by atoms with Gasteiger partial charge in [0.05, 0.1) is 0 Å². The largest absolute Gasteiger partial charge is 0.399 e. The first-order valence-corrected chi connectivity index (χ1v) is 7.22. The molecule has 0 amide bonds. The number of nitrogens with two attached hydrogens (primary N) is 1. The summed E-state index contributed by atoms with van der Waals surface area (Å²) in [4.78, 5) is 2.52. The lowest BCUT2D eigenvalue weighted by molar-refractivity contribution is 0.282. The zero-order valence-corrected chi connectivity index (χ0v) is 12.4. The van der Waals surface area contributed by atoms with E-state index < -0.39 is 0 Å². The number of rotatable bonds is 3. The van der Waals surface area contributed by atoms with Gasteiger partial charge in [-0.1, -0.05) is 50.6 Å². The molecule has 2 rings (SSSR count). The van der Waals surface area contributed by atoms with Crippen molar-refractivity contribution in [2.24, 2.45) is 5.41 Å². The lowest BCUT2D eigenvalue weighted by atomic mass is 9.83. The molecule has 1 heterocycles. The predicted octanol–water partition coefficient (Wildman–Crippen LogP) is 3.49. The average Bonchev–Trinajstić information content (AvgIpc) is 2.37. The van der Waals surface area contributed by atoms with Gasteiger partial charge in [-0.05, 0) is 29.9 Å². The van der Waals surface area contributed by atoms with Crippen molar-refractivity contribution in [3.8, 4) is 0 Å². The van der Waals surface area contributed by atoms with Crippen molar-refractivity contribution >= 4 is 5.69 Å². The van der Waals surface area contributed by atoms with E-state index in [2.05, 4.69) is 43.9 Å². The molecule has 0 fully saturated rings. The van der Waals surface area contributed by atoms with E-state index in [0.29, 0.717) is 5.41 Å². The van der Waals surface area contributed by atoms with Crippen molar-refractivity contribution < 1.29 is 0 Å². The van der Waals surface area contributed by atoms with Gasteiger partial charge in [0.1, 0.15) is 0 Å². The quantitative estimate of drug-likeness (QED) is 0.664. The minimum atomic E-state index is 0.329. The predicted molar refractivity (Wildman–Crippen MR) is 83.2 cm³/mol. The van der Waals surface area contributed by atoms with Crippen molar-refractivity contribution in [2.75, 3.05) is 25.4 Å². The Bertz CT molecular complexity index is 455. The fraction of sp³-hybridized carbons (Fsp3) is 0.529. The highest BCUT2D eigenvalue weighted by atomic mass is 15.1. The van der Waals surface area contributed by atoms with Crippen molar-refractivity contribution in [2.45, 2.75) is 33.6 Å². The maximum Gasteiger partial charge on any atom is 0.0347 e. The highest BCUT2D eigenvalue weighted by Crippen LogP contribution is 2.30. The Hall–Kier alpha value is -1.28. The summed E-state index contributed by atoms with van der Waals surface area (Å²) in [6, 6.07) is 8.19. The summed E-state index contributed by atoms with van der Waals surface area (Å²) in [5, 5.41) is 0. The number of hydrogen-bond acceptors (Lipinski definition) is 2. The number of nitrogen functional groups attached to an aromatic ring is 1. The first-order chi connectivity index (χ1) is 8.97. The second-order valence-corrected chi connectivity index (χ2v) is 6.48. The Morgan fingerprint density at radius 2 is 1.95 bits per heavy atom. The molecule has 0 bridgehead atoms. The first-order valence-electron chi connectivity index (χ1n) is 7.22. The van der Waals surface area contributed by atoms with E-state index in [0.717, 1.165) is 25.2 Å². The first kappa shape index (κ1) is 14.1. The number of anilines is 1. The van der Waals surface area contributed by atoms with Crippen molar-refractivity contribution in [3.63, 3.8) is 0 Å². The number of hydrogen-bond donors (Lipinski definition) is 1. The highest BCUT2D eigenvalue weighted by Gasteiger charge is 2.20. The Morgan fingerprint density at radius 1 is 1.21 bits per heavy atom. The van der Waals surface area contributed by atoms with Crippen LogP contribution in [0.2, 0.25) is 0 Å². The zero-order valence-electron chi connectivity index (χ0n) is 12.4. The Kier molecular flexibility index (Phi) is 4.31. The molecule has 0 aliphatic carbocycles. The molecule has 1 aliphatic heterocycles. The second-order valence-electron chi connectivity index (χ2n) is 6.48. The molecule has 0 unspecified atom stereocenters. The molecule has 0 aromatic heterocycles. The van der Waals surface area contributed by atoms with E-state index in [1.165, 1.54) is 18.5 Å². The SMILES string of the molecule is CC(C)(C)C1=CCN(CCc2ccccc2N)CC1. The maximum absolute atomic E-state index is 5.98. The van der Waals surface area contributed by atoms with E-state index in [9.17, 15) is 0 Å². The number of para-hydroxylation sites is 1. The molecule has 0 spiro atoms. The molecule has 1 aliphatic rings. The fourth-order valence-corrected chi connectivity index (χ4v) is 2.64. The van der Waals surface area contributed by atoms with Gasteiger partial charge in [0.15, 0.2) is 0 Å². The Balaban J connectivity index is 1.87. The van der Waals surface area contributed by atoms with Crippen LogP contribution in [0.1, 0.15) is 32.8 Å². The molecule has 1 aromatic rings. The normalized spacial score (nSPS) is 17.3. The van der Waals surface area contributed by atoms with Gasteiger partial charge >= 0.3 is 0 Å². The van der Waals surface area contributed by atoms with E-state index in [1.54, 1.807) is 5.57 Å². The van der Waals surface area contributed by atoms with Crippen LogP contribution in [-0.4, -0.2) is 24.5 Å². The number of nitrogens with zero attached hydrogens (tertiary/aromatic N) is 1. The van der Waals surface area contributed by atoms with Crippen LogP contribution in [0.25, 0.3) is 0 Å². The smallest absolute Gasteiger partial charge is 0.0347 e. The van der Waals surface area contributed by atoms with Gasteiger partial charge in [-0.15, -0.1) is 0 Å². The van der Waals surface area contributed by atoms with Crippen LogP contribution in [0.4, 0.5) is 5.69 Å². The van der Waals surface area contributed by atoms with Crippen molar-refractivity contribution in [3.05, 3.63) is 41.5 Å². The topological polar surface area (TPSA) is 29.3 Å². The lowest BCUT2D eigenvalue weighted by Crippen LogP contribution is -2.33. The highest BCUT2D eigenvalue weighted by molar-refractivity contribution is 5.46. The van der Waals surface area contributed by atoms with Crippen LogP contribution in [0.15, 0.2) is 35.9 Å². The third-order valence-corrected chi connectivity index (χ3v) is 4.01. The lowest BCUT2D eigenvalue weighted by Gasteiger charge is -2.32. The van der Waals surface area contributed by atoms with Gasteiger partial charge in [0, 0.05) is 25.3 Å². The van der Waals surface area contributed by atoms with Crippen LogP contribution in [0.5, 0.6) is 0 Å². The minimum Gasteiger partial charge on any atom is -0.399 e. The Labute approximate surface area is 117 Å². The standard InChI is InChI=1S/C17H26N2/c1-17(2,3)15-9-12-19(13-10-15)11-8-14-6-4-5-7-16(14)18/h4-7,9H,8,10-13,18H2,1-3H3. The summed E-state index contributed by atoms with van der Waals surface area (Å²) in [5.41, 5.74) is 10.1. The van der Waals surface area contributed by atoms with Crippen LogP contribution < -0.4 is 5.73 Å². The van der Waals surface area contributed by atoms with Gasteiger partial charge in [0.2, 0.25) is 0 Å². The molecule has 0 radical (unpaired) electrons. The summed E-state index contributed by atoms with van der Waals surface area (Å²) in [6.07, 6.45) is 4.66. The fourth-order valence-electron chi connectivity index (χ4n) is 2.64. The van der Waals surface area contributed by atoms with Gasteiger partial charge in [0.25, 0.3) is 0 Å². The molecule has 1 aromatic carbocycles. The zero-order chi connectivity index (χ0) is 13.9. The third kappa shape index (κ3) is 3.84. The van der Waals surface area contributed by atoms with E-state index >= 15 is 0 Å². The molecule has 2 nitrogen and oxygen atoms in total. The summed E-state index contributed by atoms with van der Waals surface area (Å²) in [6.45, 7) is 10.3. The van der Waals surface area contributed by atoms with E-state index in [1.807, 2.05) is 12.1 Å². The minimum absolute atomic E-state index is 0.329. The van der Waals surface area contributed by atoms with Crippen LogP contribution in [0.3, 0.4) is 0 Å². The number of benzene rings is 1. The van der Waals surface area contributed by atoms with E-state index in [-0.39, 0.29) is 0 Å². The maximum atomic E-state index is 5.98. The van der Waals surface area contributed by atoms with Crippen molar-refractivity contribution in [1.82, 2.24) is 4.90 Å². The summed E-state index contributed by atoms with van der Waals surface area (Å²) in [7, 11) is 0. The molecular formula is C17H26N2. The van der Waals surface area contributed by atoms with Crippen molar-refractivity contribution in [1.29, 1.82) is 0 Å². The monoisotopic (exact) mass is 258 g/mol. The van der Waals surface area contributed by atoms with Gasteiger partial charge < -0.3 is 5.73 Å². The third-order valence-electron chi connectivity index (χ3n) is 4.01. The van der Waals surface area contributed by atoms with Gasteiger partial charge in [-0.2, -0.15) is 0 Å². The molecule has 0 atom stereocenters. The van der Waals surface area contributed by atoms with Gasteiger partial charge in [-0.3, -0.25) is 4.90 Å². The van der Waals surface area contributed by atoms with Gasteiger partial charge in [-0.25, -0.2) is 0 Å². The summed E-state index contributed by atoms with van der Waals surface area (Å²) < 4.78 is 0. The van der Waals surface area contributed by atoms with E-state index in [4.69, 9.17) is 5.73 Å². The second kappa shape index (κ2) is 5.79. The van der Waals surface area contributed by atoms with Crippen LogP contribution in [0, 0.1) is 5.41 Å².